The predicted octanol–water partition coefficient (Wildman–Crippen LogP) is 4.97. The van der Waals surface area contributed by atoms with Gasteiger partial charge in [0.05, 0.1) is 4.90 Å². The van der Waals surface area contributed by atoms with Crippen LogP contribution in [-0.2, 0) is 10.0 Å². The summed E-state index contributed by atoms with van der Waals surface area (Å²) in [6.07, 6.45) is 7.78. The molecule has 1 heterocycles. The van der Waals surface area contributed by atoms with Gasteiger partial charge in [0.1, 0.15) is 0 Å². The van der Waals surface area contributed by atoms with Gasteiger partial charge in [0.25, 0.3) is 0 Å². The van der Waals surface area contributed by atoms with Crippen LogP contribution in [-0.4, -0.2) is 30.7 Å². The molecular formula is C20H30ClNO2S. The molecule has 5 heteroatoms. The van der Waals surface area contributed by atoms with Gasteiger partial charge in [-0.1, -0.05) is 37.0 Å². The largest absolute Gasteiger partial charge is 0.243 e. The number of aryl methyl sites for hydroxylation is 1. The zero-order chi connectivity index (χ0) is 18.0. The molecule has 0 N–H and O–H groups in total. The molecule has 2 aliphatic rings. The monoisotopic (exact) mass is 383 g/mol. The number of alkyl halides is 1. The molecule has 3 nitrogen and oxygen atoms in total. The zero-order valence-corrected chi connectivity index (χ0v) is 16.9. The van der Waals surface area contributed by atoms with Crippen molar-refractivity contribution in [3.63, 3.8) is 0 Å². The molecule has 1 aromatic carbocycles. The van der Waals surface area contributed by atoms with Gasteiger partial charge in [-0.2, -0.15) is 4.31 Å². The van der Waals surface area contributed by atoms with E-state index in [0.717, 1.165) is 31.2 Å². The maximum atomic E-state index is 13.3. The van der Waals surface area contributed by atoms with E-state index in [-0.39, 0.29) is 11.4 Å². The Hall–Kier alpha value is -0.580. The van der Waals surface area contributed by atoms with E-state index in [9.17, 15) is 8.42 Å². The van der Waals surface area contributed by atoms with Crippen LogP contribution in [0.5, 0.6) is 0 Å². The third kappa shape index (κ3) is 4.23. The van der Waals surface area contributed by atoms with E-state index in [1.165, 1.54) is 19.3 Å². The van der Waals surface area contributed by atoms with Crippen molar-refractivity contribution in [2.75, 3.05) is 6.54 Å². The van der Waals surface area contributed by atoms with Crippen molar-refractivity contribution in [2.45, 2.75) is 75.1 Å². The van der Waals surface area contributed by atoms with Gasteiger partial charge in [-0.3, -0.25) is 0 Å². The minimum absolute atomic E-state index is 0.103. The first-order valence-electron chi connectivity index (χ1n) is 9.62. The van der Waals surface area contributed by atoms with Crippen LogP contribution in [0.3, 0.4) is 0 Å². The van der Waals surface area contributed by atoms with Crippen LogP contribution in [0.4, 0.5) is 0 Å². The normalized spacial score (nSPS) is 28.0. The number of nitrogens with zero attached hydrogens (tertiary/aromatic N) is 1. The van der Waals surface area contributed by atoms with E-state index >= 15 is 0 Å². The number of hydrogen-bond acceptors (Lipinski definition) is 2. The number of halogens is 1. The minimum Gasteiger partial charge on any atom is -0.207 e. The summed E-state index contributed by atoms with van der Waals surface area (Å²) in [5.74, 6) is 0.894. The Kier molecular flexibility index (Phi) is 6.12. The molecule has 0 unspecified atom stereocenters. The molecule has 1 aromatic rings. The van der Waals surface area contributed by atoms with Crippen LogP contribution < -0.4 is 0 Å². The van der Waals surface area contributed by atoms with Crippen molar-refractivity contribution in [1.29, 1.82) is 0 Å². The number of benzene rings is 1. The van der Waals surface area contributed by atoms with Crippen LogP contribution in [0.1, 0.15) is 57.4 Å². The van der Waals surface area contributed by atoms with E-state index in [0.29, 0.717) is 23.3 Å². The van der Waals surface area contributed by atoms with E-state index in [2.05, 4.69) is 0 Å². The Balaban J connectivity index is 1.89. The van der Waals surface area contributed by atoms with Crippen LogP contribution in [0.15, 0.2) is 29.2 Å². The zero-order valence-electron chi connectivity index (χ0n) is 15.3. The van der Waals surface area contributed by atoms with E-state index in [1.54, 1.807) is 12.1 Å². The fraction of sp³-hybridized carbons (Fsp3) is 0.700. The Morgan fingerprint density at radius 2 is 1.72 bits per heavy atom. The highest BCUT2D eigenvalue weighted by Gasteiger charge is 2.41. The molecule has 1 saturated heterocycles. The summed E-state index contributed by atoms with van der Waals surface area (Å²) in [5, 5.41) is 0.107. The average molecular weight is 384 g/mol. The highest BCUT2D eigenvalue weighted by atomic mass is 35.5. The molecule has 25 heavy (non-hydrogen) atoms. The van der Waals surface area contributed by atoms with Crippen molar-refractivity contribution in [3.05, 3.63) is 29.8 Å². The number of rotatable bonds is 4. The molecule has 0 amide bonds. The lowest BCUT2D eigenvalue weighted by Gasteiger charge is -2.44. The third-order valence-corrected chi connectivity index (χ3v) is 8.40. The average Bonchev–Trinajstić information content (AvgIpc) is 2.62. The van der Waals surface area contributed by atoms with Crippen LogP contribution >= 0.6 is 11.6 Å². The highest BCUT2D eigenvalue weighted by Crippen LogP contribution is 2.39. The fourth-order valence-corrected chi connectivity index (χ4v) is 6.45. The molecule has 0 aromatic heterocycles. The molecule has 1 saturated carbocycles. The fourth-order valence-electron chi connectivity index (χ4n) is 4.51. The summed E-state index contributed by atoms with van der Waals surface area (Å²) in [4.78, 5) is 0.427. The van der Waals surface area contributed by atoms with Gasteiger partial charge < -0.3 is 0 Å². The SMILES string of the molecule is Cc1ccc(S(=O)(=O)N2CC[C@H]([C@@H](C)Cl)C[C@@H]2C2CCCCC2)cc1. The Morgan fingerprint density at radius 1 is 1.08 bits per heavy atom. The van der Waals surface area contributed by atoms with Crippen molar-refractivity contribution < 1.29 is 8.42 Å². The number of hydrogen-bond donors (Lipinski definition) is 0. The summed E-state index contributed by atoms with van der Waals surface area (Å²) in [6, 6.07) is 7.37. The Morgan fingerprint density at radius 3 is 2.32 bits per heavy atom. The number of piperidine rings is 1. The van der Waals surface area contributed by atoms with Crippen molar-refractivity contribution in [2.24, 2.45) is 11.8 Å². The second kappa shape index (κ2) is 7.98. The smallest absolute Gasteiger partial charge is 0.207 e. The van der Waals surface area contributed by atoms with Gasteiger partial charge in [0.2, 0.25) is 10.0 Å². The van der Waals surface area contributed by atoms with Crippen molar-refractivity contribution in [1.82, 2.24) is 4.31 Å². The predicted molar refractivity (Wildman–Crippen MR) is 103 cm³/mol. The summed E-state index contributed by atoms with van der Waals surface area (Å²) in [6.45, 7) is 4.63. The Bertz CT molecular complexity index is 665. The summed E-state index contributed by atoms with van der Waals surface area (Å²) in [5.41, 5.74) is 1.08. The van der Waals surface area contributed by atoms with Gasteiger partial charge in [-0.05, 0) is 63.5 Å². The van der Waals surface area contributed by atoms with E-state index in [1.807, 2.05) is 30.3 Å². The van der Waals surface area contributed by atoms with Gasteiger partial charge in [-0.15, -0.1) is 11.6 Å². The molecule has 140 valence electrons. The second-order valence-electron chi connectivity index (χ2n) is 7.86. The Labute approximate surface area is 157 Å². The van der Waals surface area contributed by atoms with Gasteiger partial charge in [-0.25, -0.2) is 8.42 Å². The molecule has 1 aliphatic heterocycles. The van der Waals surface area contributed by atoms with E-state index < -0.39 is 10.0 Å². The topological polar surface area (TPSA) is 37.4 Å². The molecule has 1 aliphatic carbocycles. The lowest BCUT2D eigenvalue weighted by molar-refractivity contribution is 0.120. The molecule has 0 radical (unpaired) electrons. The van der Waals surface area contributed by atoms with Gasteiger partial charge in [0, 0.05) is 18.0 Å². The van der Waals surface area contributed by atoms with Crippen molar-refractivity contribution in [3.8, 4) is 0 Å². The number of sulfonamides is 1. The molecule has 0 spiro atoms. The summed E-state index contributed by atoms with van der Waals surface area (Å²) >= 11 is 6.39. The quantitative estimate of drug-likeness (QED) is 0.688. The maximum Gasteiger partial charge on any atom is 0.243 e. The molecule has 3 rings (SSSR count). The maximum absolute atomic E-state index is 13.3. The van der Waals surface area contributed by atoms with Crippen LogP contribution in [0.2, 0.25) is 0 Å². The molecule has 0 bridgehead atoms. The molecular weight excluding hydrogens is 354 g/mol. The first kappa shape index (κ1) is 19.2. The summed E-state index contributed by atoms with van der Waals surface area (Å²) in [7, 11) is -3.44. The third-order valence-electron chi connectivity index (χ3n) is 6.11. The van der Waals surface area contributed by atoms with Gasteiger partial charge >= 0.3 is 0 Å². The minimum atomic E-state index is -3.44. The standard InChI is InChI=1S/C20H30ClNO2S/c1-15-8-10-19(11-9-15)25(23,24)22-13-12-18(16(2)21)14-20(22)17-6-4-3-5-7-17/h8-11,16-18,20H,3-7,12-14H2,1-2H3/t16-,18+,20-/m1/s1. The lowest BCUT2D eigenvalue weighted by atomic mass is 9.77. The first-order chi connectivity index (χ1) is 11.9. The van der Waals surface area contributed by atoms with E-state index in [4.69, 9.17) is 11.6 Å². The lowest BCUT2D eigenvalue weighted by Crippen LogP contribution is -2.50. The van der Waals surface area contributed by atoms with Crippen molar-refractivity contribution >= 4 is 21.6 Å². The van der Waals surface area contributed by atoms with Crippen LogP contribution in [0, 0.1) is 18.8 Å². The molecule has 2 fully saturated rings. The van der Waals surface area contributed by atoms with Gasteiger partial charge in [0.15, 0.2) is 0 Å². The second-order valence-corrected chi connectivity index (χ2v) is 10.4. The molecule has 3 atom stereocenters. The highest BCUT2D eigenvalue weighted by molar-refractivity contribution is 7.89. The first-order valence-corrected chi connectivity index (χ1v) is 11.5. The van der Waals surface area contributed by atoms with Crippen LogP contribution in [0.25, 0.3) is 0 Å². The summed E-state index contributed by atoms with van der Waals surface area (Å²) < 4.78 is 28.5.